The Bertz CT molecular complexity index is 1020. The van der Waals surface area contributed by atoms with Gasteiger partial charge in [-0.3, -0.25) is 19.0 Å². The molecule has 0 spiro atoms. The number of hydrogen-bond donors (Lipinski definition) is 2. The van der Waals surface area contributed by atoms with Gasteiger partial charge in [0.2, 0.25) is 0 Å². The summed E-state index contributed by atoms with van der Waals surface area (Å²) in [7, 11) is 0. The van der Waals surface area contributed by atoms with Crippen LogP contribution in [-0.4, -0.2) is 21.5 Å². The number of nitrogens with one attached hydrogen (secondary N) is 1. The van der Waals surface area contributed by atoms with E-state index in [0.717, 1.165) is 23.9 Å². The van der Waals surface area contributed by atoms with Crippen LogP contribution in [0.15, 0.2) is 39.7 Å². The fourth-order valence-electron chi connectivity index (χ4n) is 3.64. The number of rotatable bonds is 7. The summed E-state index contributed by atoms with van der Waals surface area (Å²) in [5.41, 5.74) is 7.95. The second-order valence-corrected chi connectivity index (χ2v) is 7.14. The zero-order valence-electron chi connectivity index (χ0n) is 15.8. The van der Waals surface area contributed by atoms with E-state index in [-0.39, 0.29) is 18.9 Å². The molecular formula is C20H26N4O3. The van der Waals surface area contributed by atoms with Crippen LogP contribution in [0, 0.1) is 0 Å². The molecule has 1 atom stereocenters. The molecule has 0 bridgehead atoms. The number of para-hydroxylation sites is 1. The Balaban J connectivity index is 1.96. The Labute approximate surface area is 157 Å². The van der Waals surface area contributed by atoms with Gasteiger partial charge in [0.1, 0.15) is 0 Å². The molecule has 144 valence electrons. The Hall–Kier alpha value is -2.83. The maximum absolute atomic E-state index is 12.7. The van der Waals surface area contributed by atoms with E-state index in [9.17, 15) is 14.4 Å². The number of nitrogens with zero attached hydrogens (tertiary/aromatic N) is 2. The van der Waals surface area contributed by atoms with Gasteiger partial charge >= 0.3 is 11.1 Å². The van der Waals surface area contributed by atoms with E-state index >= 15 is 0 Å². The van der Waals surface area contributed by atoms with E-state index in [4.69, 9.17) is 5.73 Å². The molecule has 0 aliphatic carbocycles. The maximum atomic E-state index is 12.7. The third kappa shape index (κ3) is 3.67. The highest BCUT2D eigenvalue weighted by Crippen LogP contribution is 2.30. The van der Waals surface area contributed by atoms with Crippen molar-refractivity contribution in [3.8, 4) is 0 Å². The van der Waals surface area contributed by atoms with Crippen LogP contribution in [0.1, 0.15) is 44.6 Å². The zero-order chi connectivity index (χ0) is 19.6. The summed E-state index contributed by atoms with van der Waals surface area (Å²) in [6.45, 7) is 4.93. The Morgan fingerprint density at radius 3 is 2.85 bits per heavy atom. The first-order valence-electron chi connectivity index (χ1n) is 9.39. The lowest BCUT2D eigenvalue weighted by Gasteiger charge is -2.25. The zero-order valence-corrected chi connectivity index (χ0v) is 15.8. The maximum Gasteiger partial charge on any atom is 0.317 e. The van der Waals surface area contributed by atoms with Crippen molar-refractivity contribution < 1.29 is 4.79 Å². The molecule has 1 aromatic heterocycles. The van der Waals surface area contributed by atoms with Crippen molar-refractivity contribution in [2.45, 2.75) is 52.1 Å². The van der Waals surface area contributed by atoms with E-state index in [1.807, 2.05) is 25.1 Å². The van der Waals surface area contributed by atoms with Gasteiger partial charge in [-0.15, -0.1) is 0 Å². The number of ketones is 1. The van der Waals surface area contributed by atoms with Crippen LogP contribution < -0.4 is 22.2 Å². The largest absolute Gasteiger partial charge is 0.399 e. The molecule has 1 aromatic carbocycles. The van der Waals surface area contributed by atoms with Crippen LogP contribution in [0.2, 0.25) is 0 Å². The number of nitrogens with two attached hydrogens (primary N) is 1. The van der Waals surface area contributed by atoms with E-state index in [1.165, 1.54) is 10.8 Å². The second-order valence-electron chi connectivity index (χ2n) is 7.14. The molecule has 7 heteroatoms. The van der Waals surface area contributed by atoms with Crippen LogP contribution >= 0.6 is 0 Å². The number of Topliss-reactive ketones (excluding diaryl/α,β-unsaturated/α-hetero) is 1. The number of carbonyl (C=O) groups is 1. The number of carbonyl (C=O) groups excluding carboxylic acids is 1. The van der Waals surface area contributed by atoms with Gasteiger partial charge in [-0.1, -0.05) is 26.0 Å². The number of aromatic nitrogens is 2. The van der Waals surface area contributed by atoms with Crippen LogP contribution in [0.4, 0.5) is 0 Å². The smallest absolute Gasteiger partial charge is 0.317 e. The van der Waals surface area contributed by atoms with Crippen LogP contribution in [0.25, 0.3) is 11.0 Å². The lowest BCUT2D eigenvalue weighted by molar-refractivity contribution is -0.118. The molecule has 3 N–H and O–H groups in total. The summed E-state index contributed by atoms with van der Waals surface area (Å²) in [5.74, 6) is 0.436. The summed E-state index contributed by atoms with van der Waals surface area (Å²) < 4.78 is 3.02. The predicted octanol–water partition coefficient (Wildman–Crippen LogP) is 1.43. The number of allylic oxidation sites excluding steroid dienone is 1. The highest BCUT2D eigenvalue weighted by Gasteiger charge is 2.22. The van der Waals surface area contributed by atoms with E-state index in [1.54, 1.807) is 4.57 Å². The molecule has 1 unspecified atom stereocenters. The van der Waals surface area contributed by atoms with Gasteiger partial charge < -0.3 is 15.6 Å². The summed E-state index contributed by atoms with van der Waals surface area (Å²) in [6.07, 6.45) is 3.70. The molecule has 3 rings (SSSR count). The van der Waals surface area contributed by atoms with Gasteiger partial charge in [0.25, 0.3) is 0 Å². The summed E-state index contributed by atoms with van der Waals surface area (Å²) in [6, 6.07) is 5.77. The van der Waals surface area contributed by atoms with Crippen LogP contribution in [-0.2, 0) is 17.9 Å². The first kappa shape index (κ1) is 18.9. The van der Waals surface area contributed by atoms with Crippen molar-refractivity contribution in [1.29, 1.82) is 0 Å². The van der Waals surface area contributed by atoms with Crippen molar-refractivity contribution in [3.05, 3.63) is 56.4 Å². The average molecular weight is 370 g/mol. The van der Waals surface area contributed by atoms with E-state index < -0.39 is 11.1 Å². The first-order chi connectivity index (χ1) is 12.9. The van der Waals surface area contributed by atoms with Gasteiger partial charge in [0.05, 0.1) is 24.1 Å². The van der Waals surface area contributed by atoms with Gasteiger partial charge in [-0.25, -0.2) is 0 Å². The SMILES string of the molecule is CCCC(=O)CN/C=C(\N)Cn1c(=O)c(=O)n2c3c(cccc31)C(C)CC2. The molecule has 0 fully saturated rings. The van der Waals surface area contributed by atoms with E-state index in [0.29, 0.717) is 30.1 Å². The standard InChI is InChI=1S/C20H26N4O3/c1-3-5-15(25)11-22-10-14(21)12-24-17-7-4-6-16-13(2)8-9-23(18(16)17)19(26)20(24)27/h4,6-7,10,13,22H,3,5,8-9,11-12,21H2,1-2H3/b14-10-. The highest BCUT2D eigenvalue weighted by atomic mass is 16.2. The number of benzene rings is 1. The van der Waals surface area contributed by atoms with E-state index in [2.05, 4.69) is 12.2 Å². The molecule has 1 aliphatic rings. The lowest BCUT2D eigenvalue weighted by atomic mass is 9.93. The molecule has 7 nitrogen and oxygen atoms in total. The van der Waals surface area contributed by atoms with Crippen molar-refractivity contribution in [1.82, 2.24) is 14.5 Å². The third-order valence-electron chi connectivity index (χ3n) is 5.05. The summed E-state index contributed by atoms with van der Waals surface area (Å²) >= 11 is 0. The lowest BCUT2D eigenvalue weighted by Crippen LogP contribution is -2.43. The minimum absolute atomic E-state index is 0.0955. The fraction of sp³-hybridized carbons (Fsp3) is 0.450. The average Bonchev–Trinajstić information content (AvgIpc) is 2.64. The van der Waals surface area contributed by atoms with Crippen molar-refractivity contribution in [2.75, 3.05) is 6.54 Å². The van der Waals surface area contributed by atoms with Crippen molar-refractivity contribution in [2.24, 2.45) is 5.73 Å². The van der Waals surface area contributed by atoms with Crippen molar-refractivity contribution >= 4 is 16.8 Å². The van der Waals surface area contributed by atoms with Crippen molar-refractivity contribution in [3.63, 3.8) is 0 Å². The molecule has 0 amide bonds. The van der Waals surface area contributed by atoms with Gasteiger partial charge in [-0.05, 0) is 30.4 Å². The Kier molecular flexibility index (Phi) is 5.48. The molecule has 27 heavy (non-hydrogen) atoms. The predicted molar refractivity (Wildman–Crippen MR) is 106 cm³/mol. The molecule has 0 saturated carbocycles. The van der Waals surface area contributed by atoms with Gasteiger partial charge in [0, 0.05) is 24.9 Å². The Morgan fingerprint density at radius 2 is 2.11 bits per heavy atom. The number of aryl methyl sites for hydroxylation is 1. The normalized spacial score (nSPS) is 16.5. The quantitative estimate of drug-likeness (QED) is 0.719. The monoisotopic (exact) mass is 370 g/mol. The molecule has 2 aromatic rings. The molecule has 0 radical (unpaired) electrons. The van der Waals surface area contributed by atoms with Gasteiger partial charge in [0.15, 0.2) is 5.78 Å². The topological polar surface area (TPSA) is 99.1 Å². The second kappa shape index (κ2) is 7.82. The number of hydrogen-bond acceptors (Lipinski definition) is 5. The Morgan fingerprint density at radius 1 is 1.33 bits per heavy atom. The van der Waals surface area contributed by atoms with Crippen LogP contribution in [0.5, 0.6) is 0 Å². The molecule has 2 heterocycles. The molecule has 1 aliphatic heterocycles. The molecular weight excluding hydrogens is 344 g/mol. The highest BCUT2D eigenvalue weighted by molar-refractivity contribution is 5.81. The molecule has 0 saturated heterocycles. The fourth-order valence-corrected chi connectivity index (χ4v) is 3.64. The summed E-state index contributed by atoms with van der Waals surface area (Å²) in [5, 5.41) is 2.89. The van der Waals surface area contributed by atoms with Crippen LogP contribution in [0.3, 0.4) is 0 Å². The van der Waals surface area contributed by atoms with Gasteiger partial charge in [-0.2, -0.15) is 0 Å². The summed E-state index contributed by atoms with van der Waals surface area (Å²) in [4.78, 5) is 36.8. The minimum atomic E-state index is -0.576. The first-order valence-corrected chi connectivity index (χ1v) is 9.39. The minimum Gasteiger partial charge on any atom is -0.399 e. The third-order valence-corrected chi connectivity index (χ3v) is 5.05.